The Labute approximate surface area is 184 Å². The van der Waals surface area contributed by atoms with Crippen molar-refractivity contribution in [1.29, 1.82) is 0 Å². The molecule has 0 spiro atoms. The van der Waals surface area contributed by atoms with Crippen LogP contribution in [0.2, 0.25) is 0 Å². The van der Waals surface area contributed by atoms with Crippen molar-refractivity contribution in [1.82, 2.24) is 19.9 Å². The fourth-order valence-corrected chi connectivity index (χ4v) is 4.27. The number of phenolic OH excluding ortho intramolecular Hbond substituents is 1. The third kappa shape index (κ3) is 6.44. The van der Waals surface area contributed by atoms with E-state index in [4.69, 9.17) is 9.90 Å². The lowest BCUT2D eigenvalue weighted by Gasteiger charge is -2.31. The van der Waals surface area contributed by atoms with E-state index in [-0.39, 0.29) is 0 Å². The number of hydrogen-bond acceptors (Lipinski definition) is 5. The summed E-state index contributed by atoms with van der Waals surface area (Å²) in [5.41, 5.74) is 3.32. The third-order valence-electron chi connectivity index (χ3n) is 6.11. The number of benzene rings is 1. The summed E-state index contributed by atoms with van der Waals surface area (Å²) >= 11 is 0. The van der Waals surface area contributed by atoms with Gasteiger partial charge in [-0.3, -0.25) is 4.90 Å². The maximum Gasteiger partial charge on any atom is 0.490 e. The molecular formula is C22H29F3N4O3. The van der Waals surface area contributed by atoms with Gasteiger partial charge in [0.1, 0.15) is 5.75 Å². The Bertz CT molecular complexity index is 902. The first-order chi connectivity index (χ1) is 15.1. The number of alkyl halides is 3. The normalized spacial score (nSPS) is 18.4. The van der Waals surface area contributed by atoms with Gasteiger partial charge in [-0.2, -0.15) is 13.2 Å². The number of carboxylic acid groups (broad SMARTS) is 1. The van der Waals surface area contributed by atoms with E-state index in [1.165, 1.54) is 31.4 Å². The topological polar surface area (TPSA) is 91.5 Å². The molecule has 2 N–H and O–H groups in total. The molecule has 2 fully saturated rings. The Kier molecular flexibility index (Phi) is 7.76. The van der Waals surface area contributed by atoms with Crippen molar-refractivity contribution in [3.05, 3.63) is 41.2 Å². The molecule has 0 amide bonds. The van der Waals surface area contributed by atoms with E-state index in [0.29, 0.717) is 17.7 Å². The summed E-state index contributed by atoms with van der Waals surface area (Å²) in [6.45, 7) is 4.91. The molecule has 7 nitrogen and oxygen atoms in total. The number of likely N-dealkylation sites (tertiary alicyclic amines) is 1. The zero-order valence-corrected chi connectivity index (χ0v) is 18.1. The molecular weight excluding hydrogens is 425 g/mol. The summed E-state index contributed by atoms with van der Waals surface area (Å²) < 4.78 is 33.8. The van der Waals surface area contributed by atoms with Crippen molar-refractivity contribution in [2.24, 2.45) is 0 Å². The summed E-state index contributed by atoms with van der Waals surface area (Å²) in [4.78, 5) is 11.3. The minimum absolute atomic E-state index is 0.416. The number of aryl methyl sites for hydroxylation is 1. The molecule has 0 atom stereocenters. The Balaban J connectivity index is 0.000000360. The minimum Gasteiger partial charge on any atom is -0.508 e. The second kappa shape index (κ2) is 10.3. The van der Waals surface area contributed by atoms with Gasteiger partial charge in [-0.1, -0.05) is 30.2 Å². The lowest BCUT2D eigenvalue weighted by molar-refractivity contribution is -0.192. The highest BCUT2D eigenvalue weighted by molar-refractivity contribution is 5.73. The molecule has 1 aromatic heterocycles. The van der Waals surface area contributed by atoms with E-state index < -0.39 is 12.1 Å². The molecule has 1 aliphatic carbocycles. The van der Waals surface area contributed by atoms with Crippen molar-refractivity contribution in [2.45, 2.75) is 70.1 Å². The summed E-state index contributed by atoms with van der Waals surface area (Å²) in [5, 5.41) is 26.1. The second-order valence-electron chi connectivity index (χ2n) is 8.55. The Morgan fingerprint density at radius 3 is 2.34 bits per heavy atom. The molecule has 1 aromatic carbocycles. The van der Waals surface area contributed by atoms with Gasteiger partial charge in [0, 0.05) is 37.3 Å². The second-order valence-corrected chi connectivity index (χ2v) is 8.55. The predicted octanol–water partition coefficient (Wildman–Crippen LogP) is 4.42. The summed E-state index contributed by atoms with van der Waals surface area (Å²) in [7, 11) is 0. The number of rotatable bonds is 4. The first-order valence-electron chi connectivity index (χ1n) is 10.9. The zero-order valence-electron chi connectivity index (χ0n) is 18.1. The molecule has 176 valence electrons. The fraction of sp³-hybridized carbons (Fsp3) is 0.591. The van der Waals surface area contributed by atoms with Crippen molar-refractivity contribution in [2.75, 3.05) is 13.1 Å². The molecule has 0 unspecified atom stereocenters. The van der Waals surface area contributed by atoms with Crippen LogP contribution in [0.1, 0.15) is 67.3 Å². The number of aromatic nitrogens is 3. The minimum atomic E-state index is -5.08. The number of piperidine rings is 1. The van der Waals surface area contributed by atoms with Crippen LogP contribution in [-0.4, -0.2) is 55.3 Å². The number of phenols is 1. The van der Waals surface area contributed by atoms with E-state index in [9.17, 15) is 18.3 Å². The van der Waals surface area contributed by atoms with Gasteiger partial charge in [-0.25, -0.2) is 9.48 Å². The molecule has 2 aromatic rings. The van der Waals surface area contributed by atoms with Crippen molar-refractivity contribution in [3.63, 3.8) is 0 Å². The van der Waals surface area contributed by atoms with Crippen LogP contribution in [0.15, 0.2) is 24.4 Å². The van der Waals surface area contributed by atoms with E-state index in [2.05, 4.69) is 32.2 Å². The van der Waals surface area contributed by atoms with Gasteiger partial charge in [0.05, 0.1) is 11.7 Å². The van der Waals surface area contributed by atoms with E-state index in [1.807, 2.05) is 19.1 Å². The lowest BCUT2D eigenvalue weighted by atomic mass is 10.0. The predicted molar refractivity (Wildman–Crippen MR) is 111 cm³/mol. The smallest absolute Gasteiger partial charge is 0.490 e. The van der Waals surface area contributed by atoms with Crippen LogP contribution in [0.5, 0.6) is 5.75 Å². The lowest BCUT2D eigenvalue weighted by Crippen LogP contribution is -2.34. The number of nitrogens with zero attached hydrogens (tertiary/aromatic N) is 4. The van der Waals surface area contributed by atoms with E-state index in [0.717, 1.165) is 43.6 Å². The number of carbonyl (C=O) groups is 1. The van der Waals surface area contributed by atoms with Gasteiger partial charge < -0.3 is 10.2 Å². The Morgan fingerprint density at radius 1 is 1.16 bits per heavy atom. The molecule has 2 aliphatic rings. The number of aliphatic carboxylic acids is 1. The number of hydrogen-bond donors (Lipinski definition) is 2. The molecule has 1 aliphatic heterocycles. The highest BCUT2D eigenvalue weighted by Crippen LogP contribution is 2.33. The number of carboxylic acids is 1. The van der Waals surface area contributed by atoms with Crippen molar-refractivity contribution >= 4 is 5.97 Å². The average Bonchev–Trinajstić information content (AvgIpc) is 3.42. The summed E-state index contributed by atoms with van der Waals surface area (Å²) in [5.74, 6) is -1.70. The van der Waals surface area contributed by atoms with Crippen LogP contribution in [0.25, 0.3) is 0 Å². The molecule has 0 radical (unpaired) electrons. The van der Waals surface area contributed by atoms with Crippen LogP contribution >= 0.6 is 0 Å². The van der Waals surface area contributed by atoms with E-state index in [1.54, 1.807) is 0 Å². The van der Waals surface area contributed by atoms with Gasteiger partial charge in [0.2, 0.25) is 0 Å². The summed E-state index contributed by atoms with van der Waals surface area (Å²) in [6, 6.07) is 6.43. The molecule has 2 heterocycles. The Morgan fingerprint density at radius 2 is 1.78 bits per heavy atom. The first kappa shape index (κ1) is 24.0. The van der Waals surface area contributed by atoms with Gasteiger partial charge in [-0.15, -0.1) is 5.10 Å². The largest absolute Gasteiger partial charge is 0.508 e. The monoisotopic (exact) mass is 454 g/mol. The van der Waals surface area contributed by atoms with Crippen LogP contribution in [0, 0.1) is 6.92 Å². The summed E-state index contributed by atoms with van der Waals surface area (Å²) in [6.07, 6.45) is 4.53. The van der Waals surface area contributed by atoms with Gasteiger partial charge >= 0.3 is 12.1 Å². The van der Waals surface area contributed by atoms with E-state index >= 15 is 0 Å². The van der Waals surface area contributed by atoms with Crippen LogP contribution in [0.4, 0.5) is 13.2 Å². The highest BCUT2D eigenvalue weighted by atomic mass is 19.4. The van der Waals surface area contributed by atoms with Gasteiger partial charge in [-0.05, 0) is 44.2 Å². The highest BCUT2D eigenvalue weighted by Gasteiger charge is 2.38. The van der Waals surface area contributed by atoms with Crippen LogP contribution in [-0.2, 0) is 11.3 Å². The third-order valence-corrected chi connectivity index (χ3v) is 6.11. The average molecular weight is 454 g/mol. The van der Waals surface area contributed by atoms with Crippen LogP contribution in [0.3, 0.4) is 0 Å². The maximum absolute atomic E-state index is 10.6. The molecule has 32 heavy (non-hydrogen) atoms. The molecule has 1 saturated heterocycles. The quantitative estimate of drug-likeness (QED) is 0.711. The zero-order chi connectivity index (χ0) is 23.3. The van der Waals surface area contributed by atoms with Gasteiger partial charge in [0.25, 0.3) is 0 Å². The molecule has 1 saturated carbocycles. The SMILES string of the molecule is Cc1ccc(CN2CCC(n3cc(C4CCCC4)nn3)CC2)c(O)c1.O=C(O)C(F)(F)F. The maximum atomic E-state index is 10.6. The number of halogens is 3. The fourth-order valence-electron chi connectivity index (χ4n) is 4.27. The first-order valence-corrected chi connectivity index (χ1v) is 10.9. The van der Waals surface area contributed by atoms with Gasteiger partial charge in [0.15, 0.2) is 0 Å². The van der Waals surface area contributed by atoms with Crippen molar-refractivity contribution < 1.29 is 28.2 Å². The molecule has 4 rings (SSSR count). The molecule has 0 bridgehead atoms. The van der Waals surface area contributed by atoms with Crippen molar-refractivity contribution in [3.8, 4) is 5.75 Å². The Hall–Kier alpha value is -2.62. The van der Waals surface area contributed by atoms with Crippen LogP contribution < -0.4 is 0 Å². The number of aromatic hydroxyl groups is 1. The molecule has 10 heteroatoms. The standard InChI is InChI=1S/C20H28N4O.C2HF3O2/c1-15-6-7-17(20(25)12-15)13-23-10-8-18(9-11-23)24-14-19(21-22-24)16-4-2-3-5-16;3-2(4,5)1(6)7/h6-7,12,14,16,18,25H,2-5,8-11,13H2,1H3;(H,6,7).